The smallest absolute Gasteiger partial charge is 0.224 e. The predicted molar refractivity (Wildman–Crippen MR) is 44.4 cm³/mol. The minimum Gasteiger partial charge on any atom is -0.394 e. The van der Waals surface area contributed by atoms with Gasteiger partial charge in [-0.2, -0.15) is 0 Å². The first-order valence-electron chi connectivity index (χ1n) is 2.64. The van der Waals surface area contributed by atoms with Crippen molar-refractivity contribution < 1.29 is 0 Å². The Hall–Kier alpha value is -0.870. The number of nitrogens with zero attached hydrogens (tertiary/aromatic N) is 2. The van der Waals surface area contributed by atoms with Crippen LogP contribution >= 0.6 is 23.2 Å². The zero-order valence-electron chi connectivity index (χ0n) is 5.31. The van der Waals surface area contributed by atoms with Gasteiger partial charge in [-0.05, 0) is 11.6 Å². The topological polar surface area (TPSA) is 75.7 Å². The maximum atomic E-state index is 6.87. The molecule has 0 fully saturated rings. The lowest BCUT2D eigenvalue weighted by Crippen LogP contribution is -2.00. The van der Waals surface area contributed by atoms with Crippen molar-refractivity contribution in [3.8, 4) is 0 Å². The SMILES string of the molecule is N=Cc1nc(Cl)nc(Cl)c1N. The van der Waals surface area contributed by atoms with Gasteiger partial charge in [-0.3, -0.25) is 0 Å². The first kappa shape index (κ1) is 8.23. The van der Waals surface area contributed by atoms with Gasteiger partial charge in [0.15, 0.2) is 5.15 Å². The Morgan fingerprint density at radius 2 is 2.00 bits per heavy atom. The van der Waals surface area contributed by atoms with Crippen molar-refractivity contribution in [3.63, 3.8) is 0 Å². The van der Waals surface area contributed by atoms with E-state index in [2.05, 4.69) is 9.97 Å². The Balaban J connectivity index is 3.35. The van der Waals surface area contributed by atoms with Gasteiger partial charge in [0.05, 0.1) is 5.69 Å². The van der Waals surface area contributed by atoms with Gasteiger partial charge in [0, 0.05) is 6.21 Å². The van der Waals surface area contributed by atoms with Crippen molar-refractivity contribution in [2.45, 2.75) is 0 Å². The van der Waals surface area contributed by atoms with Gasteiger partial charge < -0.3 is 11.1 Å². The van der Waals surface area contributed by atoms with Crippen LogP contribution in [0.3, 0.4) is 0 Å². The second kappa shape index (κ2) is 3.02. The van der Waals surface area contributed by atoms with Crippen molar-refractivity contribution in [1.82, 2.24) is 9.97 Å². The number of anilines is 1. The molecule has 4 nitrogen and oxygen atoms in total. The maximum absolute atomic E-state index is 6.87. The lowest BCUT2D eigenvalue weighted by Gasteiger charge is -1.99. The molecular formula is C5H4Cl2N4. The average Bonchev–Trinajstić information content (AvgIpc) is 1.96. The number of hydrogen-bond acceptors (Lipinski definition) is 4. The van der Waals surface area contributed by atoms with E-state index in [-0.39, 0.29) is 21.8 Å². The Bertz CT molecular complexity index is 299. The molecule has 0 aromatic carbocycles. The van der Waals surface area contributed by atoms with Crippen LogP contribution in [0.4, 0.5) is 5.69 Å². The van der Waals surface area contributed by atoms with Gasteiger partial charge >= 0.3 is 0 Å². The van der Waals surface area contributed by atoms with E-state index >= 15 is 0 Å². The molecule has 0 amide bonds. The molecule has 1 aromatic heterocycles. The summed E-state index contributed by atoms with van der Waals surface area (Å²) in [5, 5.41) is 6.93. The number of hydrogen-bond donors (Lipinski definition) is 2. The molecule has 0 aliphatic heterocycles. The standard InChI is InChI=1S/C5H4Cl2N4/c6-4-3(9)2(1-8)10-5(7)11-4/h1,8H,9H2. The second-order valence-electron chi connectivity index (χ2n) is 1.73. The van der Waals surface area contributed by atoms with Crippen LogP contribution in [0.5, 0.6) is 0 Å². The molecule has 0 bridgehead atoms. The number of nitrogens with one attached hydrogen (secondary N) is 1. The fourth-order valence-electron chi connectivity index (χ4n) is 0.542. The summed E-state index contributed by atoms with van der Waals surface area (Å²) in [5.41, 5.74) is 5.80. The number of nitrogen functional groups attached to an aromatic ring is 1. The lowest BCUT2D eigenvalue weighted by molar-refractivity contribution is 1.16. The third-order valence-corrected chi connectivity index (χ3v) is 1.50. The van der Waals surface area contributed by atoms with Gasteiger partial charge in [0.2, 0.25) is 5.28 Å². The van der Waals surface area contributed by atoms with Crippen LogP contribution < -0.4 is 5.73 Å². The highest BCUT2D eigenvalue weighted by Gasteiger charge is 2.05. The van der Waals surface area contributed by atoms with Gasteiger partial charge in [-0.25, -0.2) is 9.97 Å². The summed E-state index contributed by atoms with van der Waals surface area (Å²) in [6.07, 6.45) is 0.967. The molecule has 58 valence electrons. The van der Waals surface area contributed by atoms with E-state index in [4.69, 9.17) is 34.3 Å². The summed E-state index contributed by atoms with van der Waals surface area (Å²) in [7, 11) is 0. The Kier molecular flexibility index (Phi) is 2.26. The van der Waals surface area contributed by atoms with E-state index in [1.807, 2.05) is 0 Å². The molecule has 1 aromatic rings. The molecule has 0 radical (unpaired) electrons. The normalized spacial score (nSPS) is 9.64. The molecule has 0 saturated carbocycles. The van der Waals surface area contributed by atoms with Crippen LogP contribution in [0.15, 0.2) is 0 Å². The molecule has 0 atom stereocenters. The average molecular weight is 191 g/mol. The summed E-state index contributed by atoms with van der Waals surface area (Å²) < 4.78 is 0. The van der Waals surface area contributed by atoms with Crippen LogP contribution in [-0.2, 0) is 0 Å². The Labute approximate surface area is 72.9 Å². The molecule has 0 unspecified atom stereocenters. The van der Waals surface area contributed by atoms with Gasteiger partial charge in [0.1, 0.15) is 5.69 Å². The molecule has 6 heteroatoms. The summed E-state index contributed by atoms with van der Waals surface area (Å²) in [6.45, 7) is 0. The summed E-state index contributed by atoms with van der Waals surface area (Å²) in [6, 6.07) is 0. The highest BCUT2D eigenvalue weighted by molar-refractivity contribution is 6.34. The van der Waals surface area contributed by atoms with E-state index in [0.717, 1.165) is 6.21 Å². The zero-order chi connectivity index (χ0) is 8.43. The molecule has 0 aliphatic rings. The largest absolute Gasteiger partial charge is 0.394 e. The van der Waals surface area contributed by atoms with E-state index in [0.29, 0.717) is 0 Å². The van der Waals surface area contributed by atoms with E-state index in [1.165, 1.54) is 0 Å². The van der Waals surface area contributed by atoms with Crippen LogP contribution in [0, 0.1) is 5.41 Å². The quantitative estimate of drug-likeness (QED) is 0.399. The van der Waals surface area contributed by atoms with E-state index in [1.54, 1.807) is 0 Å². The first-order valence-corrected chi connectivity index (χ1v) is 3.39. The summed E-state index contributed by atoms with van der Waals surface area (Å²) >= 11 is 11.0. The number of aromatic nitrogens is 2. The van der Waals surface area contributed by atoms with Gasteiger partial charge in [0.25, 0.3) is 0 Å². The molecular weight excluding hydrogens is 187 g/mol. The van der Waals surface area contributed by atoms with E-state index in [9.17, 15) is 0 Å². The molecule has 1 rings (SSSR count). The minimum absolute atomic E-state index is 0.0114. The molecule has 1 heterocycles. The van der Waals surface area contributed by atoms with Crippen molar-refractivity contribution >= 4 is 35.1 Å². The number of rotatable bonds is 1. The fraction of sp³-hybridized carbons (Fsp3) is 0. The van der Waals surface area contributed by atoms with Crippen molar-refractivity contribution in [1.29, 1.82) is 5.41 Å². The highest BCUT2D eigenvalue weighted by atomic mass is 35.5. The number of nitrogens with two attached hydrogens (primary N) is 1. The molecule has 0 aliphatic carbocycles. The number of halogens is 2. The maximum Gasteiger partial charge on any atom is 0.224 e. The minimum atomic E-state index is -0.0114. The molecule has 0 spiro atoms. The monoisotopic (exact) mass is 190 g/mol. The summed E-state index contributed by atoms with van der Waals surface area (Å²) in [5.74, 6) is 0. The van der Waals surface area contributed by atoms with Crippen LogP contribution in [-0.4, -0.2) is 16.2 Å². The molecule has 11 heavy (non-hydrogen) atoms. The first-order chi connectivity index (χ1) is 5.15. The van der Waals surface area contributed by atoms with Gasteiger partial charge in [-0.15, -0.1) is 0 Å². The molecule has 3 N–H and O–H groups in total. The Morgan fingerprint density at radius 1 is 1.36 bits per heavy atom. The van der Waals surface area contributed by atoms with Crippen molar-refractivity contribution in [3.05, 3.63) is 16.1 Å². The fourth-order valence-corrected chi connectivity index (χ4v) is 0.937. The second-order valence-corrected chi connectivity index (χ2v) is 2.42. The predicted octanol–water partition coefficient (Wildman–Crippen LogP) is 1.36. The van der Waals surface area contributed by atoms with Crippen molar-refractivity contribution in [2.75, 3.05) is 5.73 Å². The Morgan fingerprint density at radius 3 is 2.55 bits per heavy atom. The zero-order valence-corrected chi connectivity index (χ0v) is 6.82. The third-order valence-electron chi connectivity index (χ3n) is 1.04. The third kappa shape index (κ3) is 1.58. The van der Waals surface area contributed by atoms with Crippen LogP contribution in [0.2, 0.25) is 10.4 Å². The lowest BCUT2D eigenvalue weighted by atomic mass is 10.4. The highest BCUT2D eigenvalue weighted by Crippen LogP contribution is 2.19. The van der Waals surface area contributed by atoms with Crippen molar-refractivity contribution in [2.24, 2.45) is 0 Å². The van der Waals surface area contributed by atoms with Gasteiger partial charge in [-0.1, -0.05) is 11.6 Å². The summed E-state index contributed by atoms with van der Waals surface area (Å²) in [4.78, 5) is 7.23. The molecule has 0 saturated heterocycles. The van der Waals surface area contributed by atoms with E-state index < -0.39 is 0 Å². The van der Waals surface area contributed by atoms with Crippen LogP contribution in [0.25, 0.3) is 0 Å². The van der Waals surface area contributed by atoms with Crippen LogP contribution in [0.1, 0.15) is 5.69 Å².